The molecule has 3 aromatic heterocycles. The van der Waals surface area contributed by atoms with Crippen molar-refractivity contribution in [1.29, 1.82) is 0 Å². The molecule has 4 aromatic carbocycles. The third-order valence-corrected chi connectivity index (χ3v) is 10.2. The Kier molecular flexibility index (Phi) is 8.70. The summed E-state index contributed by atoms with van der Waals surface area (Å²) in [6, 6.07) is 31.4. The van der Waals surface area contributed by atoms with Gasteiger partial charge in [0, 0.05) is 46.1 Å². The minimum Gasteiger partial charge on any atom is -0.353 e. The summed E-state index contributed by atoms with van der Waals surface area (Å²) in [6.07, 6.45) is 5.54. The van der Waals surface area contributed by atoms with Gasteiger partial charge < -0.3 is 4.98 Å². The first-order chi connectivity index (χ1) is 24.2. The summed E-state index contributed by atoms with van der Waals surface area (Å²) >= 11 is 0. The van der Waals surface area contributed by atoms with Gasteiger partial charge in [-0.05, 0) is 122 Å². The van der Waals surface area contributed by atoms with Crippen molar-refractivity contribution in [2.75, 3.05) is 0 Å². The predicted octanol–water partition coefficient (Wildman–Crippen LogP) is 13.0. The molecule has 1 N–H and O–H groups in total. The van der Waals surface area contributed by atoms with E-state index in [0.29, 0.717) is 11.8 Å². The molecule has 258 valence electrons. The Morgan fingerprint density at radius 3 is 1.59 bits per heavy atom. The first-order valence-corrected chi connectivity index (χ1v) is 18.3. The van der Waals surface area contributed by atoms with Crippen molar-refractivity contribution in [3.05, 3.63) is 126 Å². The largest absolute Gasteiger partial charge is 0.353 e. The number of benzene rings is 4. The second-order valence-electron chi connectivity index (χ2n) is 16.7. The standard InChI is InChI=1S/C47H50N4/c1-28(2)35-15-13-16-36(29(3)4)42(35)32-22-30(21-31(23-32)41-17-11-12-18-48-41)37-24-33(46(5,6)7)25-38-39-26-34(47(8,9)10)27-40(44(39)51-43(37)38)45-49-19-14-20-50-45/h11-29,51H,1-10H3. The number of hydrogen-bond donors (Lipinski definition) is 1. The number of aromatic amines is 1. The highest BCUT2D eigenvalue weighted by molar-refractivity contribution is 6.16. The maximum atomic E-state index is 4.84. The lowest BCUT2D eigenvalue weighted by atomic mass is 9.81. The van der Waals surface area contributed by atoms with Crippen LogP contribution in [-0.2, 0) is 10.8 Å². The molecule has 0 radical (unpaired) electrons. The Morgan fingerprint density at radius 1 is 0.510 bits per heavy atom. The van der Waals surface area contributed by atoms with Crippen LogP contribution in [0.5, 0.6) is 0 Å². The summed E-state index contributed by atoms with van der Waals surface area (Å²) in [5.41, 5.74) is 15.3. The zero-order valence-corrected chi connectivity index (χ0v) is 31.8. The average molecular weight is 671 g/mol. The second-order valence-corrected chi connectivity index (χ2v) is 16.7. The van der Waals surface area contributed by atoms with E-state index < -0.39 is 0 Å². The smallest absolute Gasteiger partial charge is 0.161 e. The molecule has 0 bridgehead atoms. The molecular weight excluding hydrogens is 621 g/mol. The van der Waals surface area contributed by atoms with E-state index in [-0.39, 0.29) is 10.8 Å². The van der Waals surface area contributed by atoms with Gasteiger partial charge in [-0.3, -0.25) is 4.98 Å². The molecule has 3 heterocycles. The number of aromatic nitrogens is 4. The lowest BCUT2D eigenvalue weighted by Crippen LogP contribution is -2.11. The van der Waals surface area contributed by atoms with E-state index in [9.17, 15) is 0 Å². The quantitative estimate of drug-likeness (QED) is 0.192. The molecule has 0 spiro atoms. The average Bonchev–Trinajstić information content (AvgIpc) is 3.49. The van der Waals surface area contributed by atoms with Gasteiger partial charge in [0.05, 0.1) is 16.7 Å². The Labute approximate surface area is 303 Å². The lowest BCUT2D eigenvalue weighted by molar-refractivity contribution is 0.590. The van der Waals surface area contributed by atoms with Crippen molar-refractivity contribution in [2.45, 2.75) is 91.9 Å². The topological polar surface area (TPSA) is 54.5 Å². The maximum absolute atomic E-state index is 4.84. The third kappa shape index (κ3) is 6.49. The molecule has 7 rings (SSSR count). The highest BCUT2D eigenvalue weighted by Crippen LogP contribution is 2.45. The second kappa shape index (κ2) is 12.9. The molecule has 7 aromatic rings. The van der Waals surface area contributed by atoms with Crippen LogP contribution >= 0.6 is 0 Å². The van der Waals surface area contributed by atoms with E-state index in [1.165, 1.54) is 49.7 Å². The Balaban J connectivity index is 1.62. The molecule has 0 saturated heterocycles. The Bertz CT molecular complexity index is 2340. The number of hydrogen-bond acceptors (Lipinski definition) is 3. The number of nitrogens with zero attached hydrogens (tertiary/aromatic N) is 3. The molecule has 0 fully saturated rings. The molecule has 0 atom stereocenters. The van der Waals surface area contributed by atoms with Crippen LogP contribution in [0, 0.1) is 0 Å². The summed E-state index contributed by atoms with van der Waals surface area (Å²) in [5, 5.41) is 2.41. The molecule has 0 amide bonds. The first-order valence-electron chi connectivity index (χ1n) is 18.3. The summed E-state index contributed by atoms with van der Waals surface area (Å²) in [7, 11) is 0. The molecule has 0 aliphatic carbocycles. The Morgan fingerprint density at radius 2 is 1.04 bits per heavy atom. The summed E-state index contributed by atoms with van der Waals surface area (Å²) in [6.45, 7) is 22.9. The molecule has 0 aliphatic heterocycles. The van der Waals surface area contributed by atoms with Crippen molar-refractivity contribution in [1.82, 2.24) is 19.9 Å². The molecule has 4 heteroatoms. The first kappa shape index (κ1) is 34.4. The highest BCUT2D eigenvalue weighted by Gasteiger charge is 2.25. The SMILES string of the molecule is CC(C)c1cccc(C(C)C)c1-c1cc(-c2ccccn2)cc(-c2cc(C(C)(C)C)cc3c2[nH]c2c(-c4ncccn4)cc(C(C)(C)C)cc23)c1. The van der Waals surface area contributed by atoms with Crippen LogP contribution in [0.15, 0.2) is 104 Å². The van der Waals surface area contributed by atoms with Crippen LogP contribution in [0.3, 0.4) is 0 Å². The summed E-state index contributed by atoms with van der Waals surface area (Å²) < 4.78 is 0. The lowest BCUT2D eigenvalue weighted by Gasteiger charge is -2.23. The van der Waals surface area contributed by atoms with Crippen molar-refractivity contribution < 1.29 is 0 Å². The van der Waals surface area contributed by atoms with Crippen molar-refractivity contribution in [3.8, 4) is 44.9 Å². The van der Waals surface area contributed by atoms with E-state index in [0.717, 1.165) is 39.2 Å². The molecule has 0 saturated carbocycles. The number of fused-ring (bicyclic) bond motifs is 3. The molecular formula is C47H50N4. The van der Waals surface area contributed by atoms with Gasteiger partial charge in [-0.15, -0.1) is 0 Å². The minimum absolute atomic E-state index is 0.0599. The van der Waals surface area contributed by atoms with E-state index in [2.05, 4.69) is 147 Å². The zero-order chi connectivity index (χ0) is 36.2. The minimum atomic E-state index is -0.0734. The van der Waals surface area contributed by atoms with Crippen LogP contribution in [0.2, 0.25) is 0 Å². The van der Waals surface area contributed by atoms with Crippen LogP contribution in [0.1, 0.15) is 103 Å². The number of nitrogens with one attached hydrogen (secondary N) is 1. The monoisotopic (exact) mass is 670 g/mol. The van der Waals surface area contributed by atoms with Crippen LogP contribution < -0.4 is 0 Å². The third-order valence-electron chi connectivity index (χ3n) is 10.2. The molecule has 51 heavy (non-hydrogen) atoms. The fourth-order valence-corrected chi connectivity index (χ4v) is 7.30. The maximum Gasteiger partial charge on any atom is 0.161 e. The number of pyridine rings is 1. The molecule has 0 aliphatic rings. The fourth-order valence-electron chi connectivity index (χ4n) is 7.30. The van der Waals surface area contributed by atoms with Gasteiger partial charge in [-0.1, -0.05) is 93.5 Å². The summed E-state index contributed by atoms with van der Waals surface area (Å²) in [5.74, 6) is 1.48. The number of rotatable bonds is 6. The van der Waals surface area contributed by atoms with Crippen molar-refractivity contribution in [3.63, 3.8) is 0 Å². The van der Waals surface area contributed by atoms with Crippen molar-refractivity contribution >= 4 is 21.8 Å². The van der Waals surface area contributed by atoms with Gasteiger partial charge in [-0.2, -0.15) is 0 Å². The normalized spacial score (nSPS) is 12.5. The van der Waals surface area contributed by atoms with Crippen LogP contribution in [0.25, 0.3) is 66.7 Å². The predicted molar refractivity (Wildman–Crippen MR) is 217 cm³/mol. The van der Waals surface area contributed by atoms with Gasteiger partial charge in [0.25, 0.3) is 0 Å². The van der Waals surface area contributed by atoms with Gasteiger partial charge in [0.2, 0.25) is 0 Å². The van der Waals surface area contributed by atoms with Crippen LogP contribution in [-0.4, -0.2) is 19.9 Å². The van der Waals surface area contributed by atoms with Gasteiger partial charge >= 0.3 is 0 Å². The zero-order valence-electron chi connectivity index (χ0n) is 31.8. The van der Waals surface area contributed by atoms with Gasteiger partial charge in [0.15, 0.2) is 5.82 Å². The fraction of sp³-hybridized carbons (Fsp3) is 0.298. The summed E-state index contributed by atoms with van der Waals surface area (Å²) in [4.78, 5) is 18.2. The highest BCUT2D eigenvalue weighted by atomic mass is 14.9. The van der Waals surface area contributed by atoms with E-state index >= 15 is 0 Å². The molecule has 4 nitrogen and oxygen atoms in total. The van der Waals surface area contributed by atoms with Gasteiger partial charge in [-0.25, -0.2) is 9.97 Å². The Hall–Kier alpha value is -5.09. The number of H-pyrrole nitrogens is 1. The van der Waals surface area contributed by atoms with E-state index in [1.54, 1.807) is 0 Å². The van der Waals surface area contributed by atoms with E-state index in [4.69, 9.17) is 15.0 Å². The van der Waals surface area contributed by atoms with Crippen molar-refractivity contribution in [2.24, 2.45) is 0 Å². The van der Waals surface area contributed by atoms with Crippen LogP contribution in [0.4, 0.5) is 0 Å². The van der Waals surface area contributed by atoms with E-state index in [1.807, 2.05) is 30.7 Å². The molecule has 0 unspecified atom stereocenters. The van der Waals surface area contributed by atoms with Gasteiger partial charge in [0.1, 0.15) is 0 Å².